The Morgan fingerprint density at radius 1 is 1.39 bits per heavy atom. The Bertz CT molecular complexity index is 401. The van der Waals surface area contributed by atoms with Gasteiger partial charge in [0.1, 0.15) is 0 Å². The largest absolute Gasteiger partial charge is 0.469 e. The Labute approximate surface area is 113 Å². The van der Waals surface area contributed by atoms with Gasteiger partial charge in [0.15, 0.2) is 0 Å². The van der Waals surface area contributed by atoms with Crippen LogP contribution < -0.4 is 5.32 Å². The molecule has 0 aliphatic carbocycles. The Morgan fingerprint density at radius 2 is 1.94 bits per heavy atom. The van der Waals surface area contributed by atoms with E-state index in [4.69, 9.17) is 16.3 Å². The third-order valence-corrected chi connectivity index (χ3v) is 3.21. The average molecular weight is 270 g/mol. The summed E-state index contributed by atoms with van der Waals surface area (Å²) in [4.78, 5) is 11.5. The number of esters is 1. The van der Waals surface area contributed by atoms with Crippen LogP contribution in [0, 0.1) is 5.41 Å². The highest BCUT2D eigenvalue weighted by Gasteiger charge is 2.28. The molecular formula is C14H20ClNO2. The second-order valence-electron chi connectivity index (χ2n) is 5.03. The van der Waals surface area contributed by atoms with Gasteiger partial charge in [-0.2, -0.15) is 0 Å². The number of rotatable bonds is 5. The van der Waals surface area contributed by atoms with Crippen LogP contribution in [-0.4, -0.2) is 19.6 Å². The van der Waals surface area contributed by atoms with Crippen LogP contribution in [0.3, 0.4) is 0 Å². The first kappa shape index (κ1) is 15.0. The van der Waals surface area contributed by atoms with Gasteiger partial charge in [0.25, 0.3) is 0 Å². The molecule has 100 valence electrons. The predicted octanol–water partition coefficient (Wildman–Crippen LogP) is 3.19. The van der Waals surface area contributed by atoms with E-state index in [1.807, 2.05) is 38.1 Å². The highest BCUT2D eigenvalue weighted by molar-refractivity contribution is 6.30. The van der Waals surface area contributed by atoms with E-state index < -0.39 is 5.41 Å². The molecule has 0 fully saturated rings. The Hall–Kier alpha value is -1.06. The summed E-state index contributed by atoms with van der Waals surface area (Å²) < 4.78 is 4.77. The van der Waals surface area contributed by atoms with Crippen molar-refractivity contribution >= 4 is 17.6 Å². The van der Waals surface area contributed by atoms with Crippen molar-refractivity contribution in [1.82, 2.24) is 5.32 Å². The number of halogens is 1. The molecule has 0 aliphatic rings. The van der Waals surface area contributed by atoms with Gasteiger partial charge in [0.05, 0.1) is 12.5 Å². The van der Waals surface area contributed by atoms with Gasteiger partial charge in [-0.3, -0.25) is 4.79 Å². The molecule has 0 unspecified atom stereocenters. The summed E-state index contributed by atoms with van der Waals surface area (Å²) in [7, 11) is 1.41. The molecule has 1 N–H and O–H groups in total. The lowest BCUT2D eigenvalue weighted by Gasteiger charge is -2.24. The summed E-state index contributed by atoms with van der Waals surface area (Å²) in [6.07, 6.45) is 0. The molecule has 1 rings (SSSR count). The lowest BCUT2D eigenvalue weighted by molar-refractivity contribution is -0.150. The van der Waals surface area contributed by atoms with Gasteiger partial charge in [0, 0.05) is 17.6 Å². The van der Waals surface area contributed by atoms with Crippen LogP contribution in [0.25, 0.3) is 0 Å². The Kier molecular flexibility index (Phi) is 5.17. The summed E-state index contributed by atoms with van der Waals surface area (Å²) in [5.74, 6) is -0.210. The summed E-state index contributed by atoms with van der Waals surface area (Å²) in [5, 5.41) is 4.05. The zero-order chi connectivity index (χ0) is 13.8. The molecule has 0 saturated heterocycles. The van der Waals surface area contributed by atoms with E-state index in [2.05, 4.69) is 12.2 Å². The number of benzene rings is 1. The maximum atomic E-state index is 11.5. The van der Waals surface area contributed by atoms with Crippen molar-refractivity contribution in [2.45, 2.75) is 26.8 Å². The van der Waals surface area contributed by atoms with E-state index in [-0.39, 0.29) is 12.0 Å². The number of hydrogen-bond acceptors (Lipinski definition) is 3. The van der Waals surface area contributed by atoms with E-state index in [1.54, 1.807) is 0 Å². The third-order valence-electron chi connectivity index (χ3n) is 2.96. The quantitative estimate of drug-likeness (QED) is 0.835. The minimum absolute atomic E-state index is 0.159. The van der Waals surface area contributed by atoms with E-state index in [0.717, 1.165) is 10.6 Å². The Morgan fingerprint density at radius 3 is 2.44 bits per heavy atom. The SMILES string of the molecule is COC(=O)C(C)(C)CN[C@@H](C)c1ccc(Cl)cc1. The Balaban J connectivity index is 2.58. The second-order valence-corrected chi connectivity index (χ2v) is 5.47. The molecule has 1 atom stereocenters. The first-order valence-corrected chi connectivity index (χ1v) is 6.32. The number of ether oxygens (including phenoxy) is 1. The molecule has 0 saturated carbocycles. The lowest BCUT2D eigenvalue weighted by Crippen LogP contribution is -2.37. The molecule has 0 aliphatic heterocycles. The molecule has 0 bridgehead atoms. The molecular weight excluding hydrogens is 250 g/mol. The minimum Gasteiger partial charge on any atom is -0.469 e. The second kappa shape index (κ2) is 6.21. The standard InChI is InChI=1S/C14H20ClNO2/c1-10(11-5-7-12(15)8-6-11)16-9-14(2,3)13(17)18-4/h5-8,10,16H,9H2,1-4H3/t10-/m0/s1. The van der Waals surface area contributed by atoms with Crippen LogP contribution in [0.1, 0.15) is 32.4 Å². The maximum Gasteiger partial charge on any atom is 0.312 e. The number of carbonyl (C=O) groups excluding carboxylic acids is 1. The number of carbonyl (C=O) groups is 1. The van der Waals surface area contributed by atoms with Crippen LogP contribution >= 0.6 is 11.6 Å². The van der Waals surface area contributed by atoms with Gasteiger partial charge < -0.3 is 10.1 Å². The van der Waals surface area contributed by atoms with Crippen molar-refractivity contribution in [3.63, 3.8) is 0 Å². The zero-order valence-electron chi connectivity index (χ0n) is 11.3. The first-order valence-electron chi connectivity index (χ1n) is 5.94. The van der Waals surface area contributed by atoms with Crippen LogP contribution in [0.2, 0.25) is 5.02 Å². The van der Waals surface area contributed by atoms with Crippen LogP contribution in [0.15, 0.2) is 24.3 Å². The lowest BCUT2D eigenvalue weighted by atomic mass is 9.93. The fourth-order valence-corrected chi connectivity index (χ4v) is 1.75. The van der Waals surface area contributed by atoms with Gasteiger partial charge in [-0.25, -0.2) is 0 Å². The van der Waals surface area contributed by atoms with Crippen LogP contribution in [0.4, 0.5) is 0 Å². The van der Waals surface area contributed by atoms with Crippen LogP contribution in [0.5, 0.6) is 0 Å². The van der Waals surface area contributed by atoms with E-state index in [0.29, 0.717) is 6.54 Å². The van der Waals surface area contributed by atoms with Crippen molar-refractivity contribution in [3.8, 4) is 0 Å². The first-order chi connectivity index (χ1) is 8.36. The topological polar surface area (TPSA) is 38.3 Å². The summed E-state index contributed by atoms with van der Waals surface area (Å²) in [5.41, 5.74) is 0.607. The molecule has 0 spiro atoms. The summed E-state index contributed by atoms with van der Waals surface area (Å²) >= 11 is 5.84. The number of hydrogen-bond donors (Lipinski definition) is 1. The van der Waals surface area contributed by atoms with E-state index >= 15 is 0 Å². The van der Waals surface area contributed by atoms with Gasteiger partial charge in [-0.05, 0) is 38.5 Å². The van der Waals surface area contributed by atoms with E-state index in [1.165, 1.54) is 7.11 Å². The average Bonchev–Trinajstić information content (AvgIpc) is 2.35. The molecule has 0 radical (unpaired) electrons. The number of methoxy groups -OCH3 is 1. The van der Waals surface area contributed by atoms with E-state index in [9.17, 15) is 4.79 Å². The van der Waals surface area contributed by atoms with Gasteiger partial charge in [0.2, 0.25) is 0 Å². The third kappa shape index (κ3) is 4.00. The summed E-state index contributed by atoms with van der Waals surface area (Å²) in [6.45, 7) is 6.33. The van der Waals surface area contributed by atoms with Crippen molar-refractivity contribution in [1.29, 1.82) is 0 Å². The normalized spacial score (nSPS) is 13.2. The monoisotopic (exact) mass is 269 g/mol. The molecule has 1 aromatic carbocycles. The van der Waals surface area contributed by atoms with Crippen LogP contribution in [-0.2, 0) is 9.53 Å². The van der Waals surface area contributed by atoms with Crippen molar-refractivity contribution < 1.29 is 9.53 Å². The molecule has 1 aromatic rings. The fourth-order valence-electron chi connectivity index (χ4n) is 1.63. The fraction of sp³-hybridized carbons (Fsp3) is 0.500. The molecule has 0 heterocycles. The highest BCUT2D eigenvalue weighted by Crippen LogP contribution is 2.20. The van der Waals surface area contributed by atoms with Gasteiger partial charge in [-0.15, -0.1) is 0 Å². The van der Waals surface area contributed by atoms with Gasteiger partial charge in [-0.1, -0.05) is 23.7 Å². The molecule has 0 amide bonds. The minimum atomic E-state index is -0.532. The molecule has 18 heavy (non-hydrogen) atoms. The van der Waals surface area contributed by atoms with Crippen molar-refractivity contribution in [2.24, 2.45) is 5.41 Å². The molecule has 0 aromatic heterocycles. The smallest absolute Gasteiger partial charge is 0.312 e. The summed E-state index contributed by atoms with van der Waals surface area (Å²) in [6, 6.07) is 7.84. The molecule has 4 heteroatoms. The highest BCUT2D eigenvalue weighted by atomic mass is 35.5. The zero-order valence-corrected chi connectivity index (χ0v) is 12.0. The molecule has 3 nitrogen and oxygen atoms in total. The van der Waals surface area contributed by atoms with Crippen molar-refractivity contribution in [3.05, 3.63) is 34.9 Å². The number of nitrogens with one attached hydrogen (secondary N) is 1. The van der Waals surface area contributed by atoms with Crippen molar-refractivity contribution in [2.75, 3.05) is 13.7 Å². The van der Waals surface area contributed by atoms with Gasteiger partial charge >= 0.3 is 5.97 Å². The predicted molar refractivity (Wildman–Crippen MR) is 73.7 cm³/mol. The maximum absolute atomic E-state index is 11.5.